The Morgan fingerprint density at radius 3 is 1.81 bits per heavy atom. The summed E-state index contributed by atoms with van der Waals surface area (Å²) in [6.45, 7) is 0. The smallest absolute Gasteiger partial charge is 0.136 e. The first-order valence-corrected chi connectivity index (χ1v) is 16.1. The topological polar surface area (TPSA) is 23.0 Å². The van der Waals surface area contributed by atoms with Gasteiger partial charge in [0.05, 0.1) is 27.8 Å². The van der Waals surface area contributed by atoms with Crippen LogP contribution in [0.3, 0.4) is 0 Å². The number of para-hydroxylation sites is 3. The lowest BCUT2D eigenvalue weighted by molar-refractivity contribution is 0.669. The maximum Gasteiger partial charge on any atom is 0.136 e. The van der Waals surface area contributed by atoms with Crippen LogP contribution in [0.2, 0.25) is 0 Å². The Bertz CT molecular complexity index is 3070. The Morgan fingerprint density at radius 1 is 0.319 bits per heavy atom. The molecule has 0 N–H and O–H groups in total. The molecule has 3 aromatic heterocycles. The lowest BCUT2D eigenvalue weighted by atomic mass is 10.00. The quantitative estimate of drug-likeness (QED) is 0.182. The van der Waals surface area contributed by atoms with Crippen molar-refractivity contribution in [3.63, 3.8) is 0 Å². The number of hydrogen-bond donors (Lipinski definition) is 0. The Labute approximate surface area is 269 Å². The van der Waals surface area contributed by atoms with Gasteiger partial charge in [0.2, 0.25) is 0 Å². The van der Waals surface area contributed by atoms with Gasteiger partial charge in [0.15, 0.2) is 0 Å². The molecule has 0 saturated carbocycles. The predicted molar refractivity (Wildman–Crippen MR) is 197 cm³/mol. The van der Waals surface area contributed by atoms with E-state index in [2.05, 4.69) is 161 Å². The molecule has 3 heterocycles. The van der Waals surface area contributed by atoms with Gasteiger partial charge in [0.25, 0.3) is 0 Å². The van der Waals surface area contributed by atoms with Crippen molar-refractivity contribution in [2.24, 2.45) is 0 Å². The molecule has 0 saturated heterocycles. The molecular weight excluding hydrogens is 572 g/mol. The molecule has 218 valence electrons. The van der Waals surface area contributed by atoms with Crippen LogP contribution in [0.25, 0.3) is 98.5 Å². The number of furan rings is 1. The van der Waals surface area contributed by atoms with Crippen molar-refractivity contribution < 1.29 is 4.42 Å². The second-order valence-electron chi connectivity index (χ2n) is 12.5. The van der Waals surface area contributed by atoms with Crippen LogP contribution >= 0.6 is 0 Å². The molecule has 11 aromatic rings. The summed E-state index contributed by atoms with van der Waals surface area (Å²) in [4.78, 5) is 0. The summed E-state index contributed by atoms with van der Waals surface area (Å²) < 4.78 is 11.3. The molecule has 0 aliphatic rings. The lowest BCUT2D eigenvalue weighted by Crippen LogP contribution is -1.97. The van der Waals surface area contributed by atoms with Crippen LogP contribution in [-0.2, 0) is 0 Å². The molecule has 11 rings (SSSR count). The van der Waals surface area contributed by atoms with E-state index in [1.54, 1.807) is 0 Å². The second kappa shape index (κ2) is 9.12. The van der Waals surface area contributed by atoms with Gasteiger partial charge in [-0.1, -0.05) is 103 Å². The summed E-state index contributed by atoms with van der Waals surface area (Å²) in [5.41, 5.74) is 8.89. The summed E-state index contributed by atoms with van der Waals surface area (Å²) in [5.74, 6) is 0. The third kappa shape index (κ3) is 3.35. The molecule has 0 bridgehead atoms. The monoisotopic (exact) mass is 598 g/mol. The van der Waals surface area contributed by atoms with Crippen LogP contribution < -0.4 is 0 Å². The normalized spacial score (nSPS) is 12.3. The highest BCUT2D eigenvalue weighted by Crippen LogP contribution is 2.43. The molecule has 0 fully saturated rings. The van der Waals surface area contributed by atoms with Crippen molar-refractivity contribution in [3.8, 4) is 11.4 Å². The fourth-order valence-corrected chi connectivity index (χ4v) is 8.03. The van der Waals surface area contributed by atoms with Crippen LogP contribution in [0.1, 0.15) is 0 Å². The maximum absolute atomic E-state index is 6.41. The van der Waals surface area contributed by atoms with E-state index in [0.717, 1.165) is 27.6 Å². The first-order chi connectivity index (χ1) is 23.3. The SMILES string of the molecule is c1ccc(-n2c3cc4c(cc3c3cc5c6ccccc6n(-c6cc7ccccc7c7ccccc67)c5cc32)oc2ccccc24)cc1. The van der Waals surface area contributed by atoms with E-state index in [1.807, 2.05) is 6.07 Å². The van der Waals surface area contributed by atoms with Crippen LogP contribution in [-0.4, -0.2) is 9.13 Å². The van der Waals surface area contributed by atoms with Crippen molar-refractivity contribution in [1.82, 2.24) is 9.13 Å². The number of benzene rings is 8. The minimum Gasteiger partial charge on any atom is -0.456 e. The largest absolute Gasteiger partial charge is 0.456 e. The second-order valence-corrected chi connectivity index (χ2v) is 12.5. The molecule has 0 amide bonds. The highest BCUT2D eigenvalue weighted by Gasteiger charge is 2.21. The van der Waals surface area contributed by atoms with Crippen molar-refractivity contribution in [2.75, 3.05) is 0 Å². The van der Waals surface area contributed by atoms with Crippen molar-refractivity contribution in [2.45, 2.75) is 0 Å². The third-order valence-corrected chi connectivity index (χ3v) is 10.1. The van der Waals surface area contributed by atoms with Gasteiger partial charge >= 0.3 is 0 Å². The van der Waals surface area contributed by atoms with E-state index in [1.165, 1.54) is 70.8 Å². The van der Waals surface area contributed by atoms with Crippen LogP contribution in [0, 0.1) is 0 Å². The fraction of sp³-hybridized carbons (Fsp3) is 0. The predicted octanol–water partition coefficient (Wildman–Crippen LogP) is 12.1. The minimum atomic E-state index is 0.913. The first kappa shape index (κ1) is 24.9. The molecule has 3 nitrogen and oxygen atoms in total. The highest BCUT2D eigenvalue weighted by molar-refractivity contribution is 6.23. The average molecular weight is 599 g/mol. The van der Waals surface area contributed by atoms with Crippen molar-refractivity contribution in [1.29, 1.82) is 0 Å². The lowest BCUT2D eigenvalue weighted by Gasteiger charge is -2.14. The number of aromatic nitrogens is 2. The van der Waals surface area contributed by atoms with E-state index in [-0.39, 0.29) is 0 Å². The summed E-state index contributed by atoms with van der Waals surface area (Å²) in [7, 11) is 0. The molecule has 0 spiro atoms. The maximum atomic E-state index is 6.41. The van der Waals surface area contributed by atoms with Crippen molar-refractivity contribution in [3.05, 3.63) is 158 Å². The van der Waals surface area contributed by atoms with Gasteiger partial charge in [-0.05, 0) is 70.8 Å². The zero-order valence-corrected chi connectivity index (χ0v) is 25.3. The molecule has 0 radical (unpaired) electrons. The van der Waals surface area contributed by atoms with Gasteiger partial charge in [-0.25, -0.2) is 0 Å². The third-order valence-electron chi connectivity index (χ3n) is 10.1. The number of nitrogens with zero attached hydrogens (tertiary/aromatic N) is 2. The number of hydrogen-bond acceptors (Lipinski definition) is 1. The van der Waals surface area contributed by atoms with E-state index < -0.39 is 0 Å². The number of rotatable bonds is 2. The Hall–Kier alpha value is -6.32. The molecule has 0 unspecified atom stereocenters. The standard InChI is InChI=1S/C44H26N2O/c1-2-13-28(14-3-1)45-40-24-37-33-19-9-11-21-43(33)47-44(37)25-36(40)35-23-34-32-18-8-10-20-38(32)46(42(34)26-41(35)45)39-22-27-12-4-5-15-29(27)30-16-6-7-17-31(30)39/h1-26H. The van der Waals surface area contributed by atoms with Gasteiger partial charge in [-0.15, -0.1) is 0 Å². The molecule has 3 heteroatoms. The summed E-state index contributed by atoms with van der Waals surface area (Å²) in [6.07, 6.45) is 0. The van der Waals surface area contributed by atoms with Crippen LogP contribution in [0.5, 0.6) is 0 Å². The Morgan fingerprint density at radius 2 is 0.936 bits per heavy atom. The molecule has 0 aliphatic carbocycles. The van der Waals surface area contributed by atoms with Gasteiger partial charge in [0, 0.05) is 43.4 Å². The number of fused-ring (bicyclic) bond motifs is 12. The van der Waals surface area contributed by atoms with Gasteiger partial charge in [-0.2, -0.15) is 0 Å². The van der Waals surface area contributed by atoms with Gasteiger partial charge in [0.1, 0.15) is 11.2 Å². The van der Waals surface area contributed by atoms with E-state index in [4.69, 9.17) is 4.42 Å². The summed E-state index contributed by atoms with van der Waals surface area (Å²) >= 11 is 0. The van der Waals surface area contributed by atoms with Crippen molar-refractivity contribution >= 4 is 87.1 Å². The highest BCUT2D eigenvalue weighted by atomic mass is 16.3. The van der Waals surface area contributed by atoms with Crippen LogP contribution in [0.4, 0.5) is 0 Å². The first-order valence-electron chi connectivity index (χ1n) is 16.1. The van der Waals surface area contributed by atoms with Crippen LogP contribution in [0.15, 0.2) is 162 Å². The fourth-order valence-electron chi connectivity index (χ4n) is 8.03. The zero-order valence-electron chi connectivity index (χ0n) is 25.3. The summed E-state index contributed by atoms with van der Waals surface area (Å²) in [5, 5.41) is 12.2. The van der Waals surface area contributed by atoms with E-state index >= 15 is 0 Å². The Kier molecular flexibility index (Phi) is 4.84. The minimum absolute atomic E-state index is 0.913. The van der Waals surface area contributed by atoms with E-state index in [9.17, 15) is 0 Å². The molecular formula is C44H26N2O. The molecule has 0 aliphatic heterocycles. The van der Waals surface area contributed by atoms with E-state index in [0.29, 0.717) is 0 Å². The molecule has 0 atom stereocenters. The molecule has 47 heavy (non-hydrogen) atoms. The van der Waals surface area contributed by atoms with Gasteiger partial charge < -0.3 is 13.6 Å². The average Bonchev–Trinajstić information content (AvgIpc) is 3.76. The zero-order chi connectivity index (χ0) is 30.6. The molecule has 8 aromatic carbocycles. The van der Waals surface area contributed by atoms with Gasteiger partial charge in [-0.3, -0.25) is 0 Å². The Balaban J connectivity index is 1.34. The summed E-state index contributed by atoms with van der Waals surface area (Å²) in [6, 6.07) is 57.1.